The van der Waals surface area contributed by atoms with Crippen molar-refractivity contribution in [3.05, 3.63) is 29.8 Å². The van der Waals surface area contributed by atoms with E-state index in [-0.39, 0.29) is 0 Å². The van der Waals surface area contributed by atoms with Crippen LogP contribution in [0.15, 0.2) is 24.3 Å². The first-order valence-electron chi connectivity index (χ1n) is 5.33. The van der Waals surface area contributed by atoms with Crippen molar-refractivity contribution in [1.82, 2.24) is 0 Å². The highest BCUT2D eigenvalue weighted by Crippen LogP contribution is 2.03. The maximum absolute atomic E-state index is 2.41. The van der Waals surface area contributed by atoms with Gasteiger partial charge in [0.15, 0.2) is 0 Å². The molecule has 1 aromatic carbocycles. The van der Waals surface area contributed by atoms with Gasteiger partial charge < -0.3 is 0 Å². The number of aryl methyl sites for hydroxylation is 1. The molecule has 0 fully saturated rings. The molecule has 0 bridgehead atoms. The second-order valence-electron chi connectivity index (χ2n) is 3.96. The minimum Gasteiger partial charge on any atom is -0.0682 e. The number of rotatable bonds is 4. The predicted octanol–water partition coefficient (Wildman–Crippen LogP) is 2.72. The van der Waals surface area contributed by atoms with Crippen LogP contribution in [-0.2, 0) is 6.42 Å². The predicted molar refractivity (Wildman–Crippen MR) is 63.6 cm³/mol. The van der Waals surface area contributed by atoms with Crippen LogP contribution in [0.3, 0.4) is 0 Å². The van der Waals surface area contributed by atoms with Gasteiger partial charge in [0.05, 0.1) is 8.80 Å². The fourth-order valence-electron chi connectivity index (χ4n) is 1.69. The maximum Gasteiger partial charge on any atom is 0.0650 e. The smallest absolute Gasteiger partial charge is 0.0650 e. The average Bonchev–Trinajstić information content (AvgIpc) is 2.15. The molecule has 0 saturated carbocycles. The number of unbranched alkanes of at least 4 members (excludes halogenated alkanes) is 1. The summed E-state index contributed by atoms with van der Waals surface area (Å²) < 4.78 is 0. The maximum atomic E-state index is 2.41. The van der Waals surface area contributed by atoms with Gasteiger partial charge in [0.2, 0.25) is 0 Å². The first-order chi connectivity index (χ1) is 6.25. The lowest BCUT2D eigenvalue weighted by Crippen LogP contribution is -2.26. The highest BCUT2D eigenvalue weighted by Gasteiger charge is 2.05. The number of hydrogen-bond acceptors (Lipinski definition) is 0. The van der Waals surface area contributed by atoms with Crippen LogP contribution in [0.4, 0.5) is 0 Å². The molecule has 1 aromatic rings. The Hall–Kier alpha value is -0.563. The zero-order valence-electron chi connectivity index (χ0n) is 9.01. The van der Waals surface area contributed by atoms with Crippen LogP contribution in [0.5, 0.6) is 0 Å². The van der Waals surface area contributed by atoms with E-state index in [9.17, 15) is 0 Å². The second kappa shape index (κ2) is 5.23. The first kappa shape index (κ1) is 10.5. The van der Waals surface area contributed by atoms with Crippen molar-refractivity contribution in [2.24, 2.45) is 0 Å². The van der Waals surface area contributed by atoms with Crippen LogP contribution in [0, 0.1) is 0 Å². The summed E-state index contributed by atoms with van der Waals surface area (Å²) in [4.78, 5) is 0. The highest BCUT2D eigenvalue weighted by molar-refractivity contribution is 6.71. The second-order valence-corrected chi connectivity index (χ2v) is 6.89. The third-order valence-electron chi connectivity index (χ3n) is 2.48. The average molecular weight is 192 g/mol. The number of benzene rings is 1. The molecule has 0 amide bonds. The van der Waals surface area contributed by atoms with Crippen LogP contribution in [0.1, 0.15) is 25.3 Å². The van der Waals surface area contributed by atoms with Gasteiger partial charge in [0, 0.05) is 0 Å². The van der Waals surface area contributed by atoms with Crippen molar-refractivity contribution in [3.63, 3.8) is 0 Å². The Kier molecular flexibility index (Phi) is 4.23. The molecule has 1 rings (SSSR count). The van der Waals surface area contributed by atoms with E-state index in [1.807, 2.05) is 0 Å². The van der Waals surface area contributed by atoms with E-state index in [4.69, 9.17) is 0 Å². The van der Waals surface area contributed by atoms with Crippen LogP contribution in [0.25, 0.3) is 0 Å². The minimum atomic E-state index is -0.611. The molecule has 0 nitrogen and oxygen atoms in total. The first-order valence-corrected chi connectivity index (χ1v) is 8.22. The Morgan fingerprint density at radius 3 is 2.46 bits per heavy atom. The molecular weight excluding hydrogens is 172 g/mol. The van der Waals surface area contributed by atoms with Crippen molar-refractivity contribution < 1.29 is 0 Å². The van der Waals surface area contributed by atoms with E-state index in [1.165, 1.54) is 19.3 Å². The third kappa shape index (κ3) is 3.00. The van der Waals surface area contributed by atoms with Crippen LogP contribution in [0.2, 0.25) is 13.1 Å². The molecule has 0 saturated heterocycles. The van der Waals surface area contributed by atoms with E-state index in [0.717, 1.165) is 0 Å². The zero-order chi connectivity index (χ0) is 9.68. The van der Waals surface area contributed by atoms with Crippen molar-refractivity contribution in [3.8, 4) is 0 Å². The lowest BCUT2D eigenvalue weighted by atomic mass is 10.1. The van der Waals surface area contributed by atoms with Gasteiger partial charge in [-0.25, -0.2) is 0 Å². The Morgan fingerprint density at radius 2 is 1.85 bits per heavy atom. The molecule has 0 radical (unpaired) electrons. The van der Waals surface area contributed by atoms with E-state index in [1.54, 1.807) is 10.8 Å². The molecule has 0 spiro atoms. The van der Waals surface area contributed by atoms with Crippen LogP contribution < -0.4 is 5.19 Å². The fourth-order valence-corrected chi connectivity index (χ4v) is 3.17. The van der Waals surface area contributed by atoms with Gasteiger partial charge in [-0.2, -0.15) is 0 Å². The molecule has 0 heterocycles. The largest absolute Gasteiger partial charge is 0.0682 e. The van der Waals surface area contributed by atoms with Gasteiger partial charge in [-0.1, -0.05) is 55.9 Å². The van der Waals surface area contributed by atoms with Crippen molar-refractivity contribution in [1.29, 1.82) is 0 Å². The van der Waals surface area contributed by atoms with Gasteiger partial charge in [0.1, 0.15) is 0 Å². The Balaban J connectivity index is 2.78. The van der Waals surface area contributed by atoms with Crippen molar-refractivity contribution in [2.75, 3.05) is 0 Å². The van der Waals surface area contributed by atoms with Crippen LogP contribution >= 0.6 is 0 Å². The molecule has 0 aromatic heterocycles. The lowest BCUT2D eigenvalue weighted by molar-refractivity contribution is 0.797. The standard InChI is InChI=1S/C12H20Si/c1-4-5-8-11-9-6-7-10-12(11)13(2)3/h6-7,9-10,13H,4-5,8H2,1-3H3. The van der Waals surface area contributed by atoms with Gasteiger partial charge in [0.25, 0.3) is 0 Å². The summed E-state index contributed by atoms with van der Waals surface area (Å²) in [5.41, 5.74) is 1.60. The van der Waals surface area contributed by atoms with E-state index < -0.39 is 8.80 Å². The SMILES string of the molecule is CCCCc1ccccc1[SiH](C)C. The molecule has 13 heavy (non-hydrogen) atoms. The molecule has 0 aliphatic rings. The molecule has 0 aliphatic heterocycles. The quantitative estimate of drug-likeness (QED) is 0.644. The van der Waals surface area contributed by atoms with Gasteiger partial charge >= 0.3 is 0 Å². The molecule has 0 unspecified atom stereocenters. The summed E-state index contributed by atoms with van der Waals surface area (Å²) in [6.45, 7) is 7.07. The summed E-state index contributed by atoms with van der Waals surface area (Å²) >= 11 is 0. The Morgan fingerprint density at radius 1 is 1.15 bits per heavy atom. The monoisotopic (exact) mass is 192 g/mol. The normalized spacial score (nSPS) is 10.8. The molecule has 0 aliphatic carbocycles. The minimum absolute atomic E-state index is 0.611. The topological polar surface area (TPSA) is 0 Å². The van der Waals surface area contributed by atoms with Gasteiger partial charge in [-0.15, -0.1) is 0 Å². The number of hydrogen-bond donors (Lipinski definition) is 0. The molecule has 1 heteroatoms. The van der Waals surface area contributed by atoms with Crippen molar-refractivity contribution >= 4 is 14.0 Å². The van der Waals surface area contributed by atoms with Crippen molar-refractivity contribution in [2.45, 2.75) is 39.3 Å². The summed E-state index contributed by atoms with van der Waals surface area (Å²) in [5, 5.41) is 1.66. The molecule has 0 atom stereocenters. The molecular formula is C12H20Si. The summed E-state index contributed by atoms with van der Waals surface area (Å²) in [6, 6.07) is 8.98. The Labute approximate surface area is 83.6 Å². The zero-order valence-corrected chi connectivity index (χ0v) is 10.2. The summed E-state index contributed by atoms with van der Waals surface area (Å²) in [7, 11) is -0.611. The Bertz CT molecular complexity index is 253. The van der Waals surface area contributed by atoms with Gasteiger partial charge in [-0.3, -0.25) is 0 Å². The van der Waals surface area contributed by atoms with E-state index in [0.29, 0.717) is 0 Å². The molecule has 72 valence electrons. The molecule has 0 N–H and O–H groups in total. The summed E-state index contributed by atoms with van der Waals surface area (Å²) in [5.74, 6) is 0. The highest BCUT2D eigenvalue weighted by atomic mass is 28.3. The lowest BCUT2D eigenvalue weighted by Gasteiger charge is -2.10. The fraction of sp³-hybridized carbons (Fsp3) is 0.500. The van der Waals surface area contributed by atoms with Gasteiger partial charge in [-0.05, 0) is 18.4 Å². The summed E-state index contributed by atoms with van der Waals surface area (Å²) in [6.07, 6.45) is 3.91. The third-order valence-corrected chi connectivity index (χ3v) is 4.28. The van der Waals surface area contributed by atoms with E-state index >= 15 is 0 Å². The van der Waals surface area contributed by atoms with Crippen LogP contribution in [-0.4, -0.2) is 8.80 Å². The van der Waals surface area contributed by atoms with E-state index in [2.05, 4.69) is 44.3 Å².